The smallest absolute Gasteiger partial charge is 0.139 e. The molecular formula is C18H20FN5O. The van der Waals surface area contributed by atoms with Gasteiger partial charge in [0.1, 0.15) is 17.6 Å². The number of aromatic nitrogens is 2. The Balaban J connectivity index is 1.48. The summed E-state index contributed by atoms with van der Waals surface area (Å²) in [6.45, 7) is 5.39. The number of hydrogen-bond acceptors (Lipinski definition) is 6. The molecule has 1 fully saturated rings. The van der Waals surface area contributed by atoms with E-state index in [9.17, 15) is 4.39 Å². The molecule has 4 heterocycles. The van der Waals surface area contributed by atoms with Crippen molar-refractivity contribution >= 4 is 0 Å². The Kier molecular flexibility index (Phi) is 3.91. The molecule has 0 amide bonds. The molecule has 2 aliphatic rings. The Morgan fingerprint density at radius 3 is 2.80 bits per heavy atom. The van der Waals surface area contributed by atoms with Crippen LogP contribution in [0.1, 0.15) is 17.0 Å². The number of halogens is 1. The van der Waals surface area contributed by atoms with E-state index >= 15 is 0 Å². The molecule has 1 saturated heterocycles. The third-order valence-electron chi connectivity index (χ3n) is 4.50. The van der Waals surface area contributed by atoms with Crippen molar-refractivity contribution in [1.82, 2.24) is 25.5 Å². The van der Waals surface area contributed by atoms with Gasteiger partial charge in [-0.2, -0.15) is 0 Å². The molecule has 0 atom stereocenters. The van der Waals surface area contributed by atoms with Gasteiger partial charge in [-0.05, 0) is 32.1 Å². The molecular weight excluding hydrogens is 321 g/mol. The highest BCUT2D eigenvalue weighted by molar-refractivity contribution is 5.62. The Morgan fingerprint density at radius 1 is 1.32 bits per heavy atom. The molecule has 0 unspecified atom stereocenters. The lowest BCUT2D eigenvalue weighted by molar-refractivity contribution is 0.0991. The number of rotatable bonds is 4. The number of pyridine rings is 1. The van der Waals surface area contributed by atoms with Crippen molar-refractivity contribution in [2.24, 2.45) is 0 Å². The number of aryl methyl sites for hydroxylation is 2. The standard InChI is InChI=1S/C18H20FN5O/c1-12-3-4-14(7-20-12)18-17(13(2)25-22-18)11-24-6-5-16(8-21-24)23-9-15(19)10-23/h3-8,15,21H,9-11H2,1-2H3. The van der Waals surface area contributed by atoms with Gasteiger partial charge in [0.25, 0.3) is 0 Å². The SMILES string of the molecule is Cc1ccc(-c2noc(C)c2CN2C=CC(N3CC(F)C3)=CN2)cn1. The summed E-state index contributed by atoms with van der Waals surface area (Å²) in [4.78, 5) is 6.33. The van der Waals surface area contributed by atoms with E-state index < -0.39 is 6.17 Å². The van der Waals surface area contributed by atoms with Crippen molar-refractivity contribution in [2.45, 2.75) is 26.6 Å². The van der Waals surface area contributed by atoms with Gasteiger partial charge in [-0.15, -0.1) is 0 Å². The van der Waals surface area contributed by atoms with Crippen LogP contribution in [0.15, 0.2) is 47.0 Å². The molecule has 2 aliphatic heterocycles. The van der Waals surface area contributed by atoms with E-state index in [4.69, 9.17) is 4.52 Å². The molecule has 2 aromatic heterocycles. The first-order valence-corrected chi connectivity index (χ1v) is 8.28. The van der Waals surface area contributed by atoms with Crippen LogP contribution in [0.4, 0.5) is 4.39 Å². The molecule has 2 aromatic rings. The summed E-state index contributed by atoms with van der Waals surface area (Å²) in [6, 6.07) is 3.96. The minimum atomic E-state index is -0.710. The number of nitrogens with zero attached hydrogens (tertiary/aromatic N) is 4. The molecule has 0 radical (unpaired) electrons. The van der Waals surface area contributed by atoms with Crippen molar-refractivity contribution in [3.05, 3.63) is 59.5 Å². The lowest BCUT2D eigenvalue weighted by atomic mass is 10.1. The van der Waals surface area contributed by atoms with Crippen LogP contribution in [0, 0.1) is 13.8 Å². The van der Waals surface area contributed by atoms with Gasteiger partial charge in [0.05, 0.1) is 25.3 Å². The molecule has 25 heavy (non-hydrogen) atoms. The summed E-state index contributed by atoms with van der Waals surface area (Å²) in [6.07, 6.45) is 6.92. The molecule has 0 saturated carbocycles. The third kappa shape index (κ3) is 3.09. The predicted octanol–water partition coefficient (Wildman–Crippen LogP) is 2.68. The Labute approximate surface area is 145 Å². The Hall–Kier alpha value is -2.83. The molecule has 1 N–H and O–H groups in total. The van der Waals surface area contributed by atoms with Crippen molar-refractivity contribution < 1.29 is 8.91 Å². The lowest BCUT2D eigenvalue weighted by Gasteiger charge is -2.38. The zero-order valence-electron chi connectivity index (χ0n) is 14.2. The molecule has 0 aliphatic carbocycles. The molecule has 4 rings (SSSR count). The van der Waals surface area contributed by atoms with E-state index in [0.29, 0.717) is 19.6 Å². The number of hydrazine groups is 1. The molecule has 6 nitrogen and oxygen atoms in total. The minimum absolute atomic E-state index is 0.465. The first kappa shape index (κ1) is 15.7. The van der Waals surface area contributed by atoms with Crippen molar-refractivity contribution in [2.75, 3.05) is 13.1 Å². The van der Waals surface area contributed by atoms with Gasteiger partial charge in [0.15, 0.2) is 0 Å². The maximum absolute atomic E-state index is 13.0. The van der Waals surface area contributed by atoms with Crippen LogP contribution >= 0.6 is 0 Å². The number of nitrogens with one attached hydrogen (secondary N) is 1. The fraction of sp³-hybridized carbons (Fsp3) is 0.333. The monoisotopic (exact) mass is 341 g/mol. The fourth-order valence-corrected chi connectivity index (χ4v) is 2.92. The Morgan fingerprint density at radius 2 is 2.16 bits per heavy atom. The third-order valence-corrected chi connectivity index (χ3v) is 4.50. The number of alkyl halides is 1. The molecule has 0 spiro atoms. The van der Waals surface area contributed by atoms with E-state index in [0.717, 1.165) is 34.0 Å². The topological polar surface area (TPSA) is 57.4 Å². The van der Waals surface area contributed by atoms with E-state index in [1.807, 2.05) is 60.6 Å². The van der Waals surface area contributed by atoms with Crippen LogP contribution in [0.2, 0.25) is 0 Å². The van der Waals surface area contributed by atoms with Gasteiger partial charge in [0.2, 0.25) is 0 Å². The van der Waals surface area contributed by atoms with Crippen LogP contribution < -0.4 is 5.43 Å². The highest BCUT2D eigenvalue weighted by Crippen LogP contribution is 2.27. The van der Waals surface area contributed by atoms with Crippen LogP contribution in [-0.2, 0) is 6.54 Å². The molecule has 0 bridgehead atoms. The van der Waals surface area contributed by atoms with Crippen molar-refractivity contribution in [3.63, 3.8) is 0 Å². The van der Waals surface area contributed by atoms with Gasteiger partial charge in [-0.3, -0.25) is 9.99 Å². The van der Waals surface area contributed by atoms with Crippen LogP contribution in [0.3, 0.4) is 0 Å². The molecule has 0 aromatic carbocycles. The van der Waals surface area contributed by atoms with E-state index in [1.54, 1.807) is 0 Å². The minimum Gasteiger partial charge on any atom is -0.364 e. The second kappa shape index (κ2) is 6.23. The van der Waals surface area contributed by atoms with Gasteiger partial charge < -0.3 is 14.8 Å². The largest absolute Gasteiger partial charge is 0.364 e. The van der Waals surface area contributed by atoms with E-state index in [2.05, 4.69) is 15.6 Å². The van der Waals surface area contributed by atoms with Crippen molar-refractivity contribution in [1.29, 1.82) is 0 Å². The maximum atomic E-state index is 13.0. The van der Waals surface area contributed by atoms with E-state index in [1.165, 1.54) is 0 Å². The summed E-state index contributed by atoms with van der Waals surface area (Å²) in [7, 11) is 0. The van der Waals surface area contributed by atoms with E-state index in [-0.39, 0.29) is 0 Å². The maximum Gasteiger partial charge on any atom is 0.139 e. The number of hydrogen-bond donors (Lipinski definition) is 1. The van der Waals surface area contributed by atoms with Gasteiger partial charge in [-0.1, -0.05) is 5.16 Å². The zero-order valence-corrected chi connectivity index (χ0v) is 14.2. The number of likely N-dealkylation sites (tertiary alicyclic amines) is 1. The summed E-state index contributed by atoms with van der Waals surface area (Å²) < 4.78 is 18.4. The van der Waals surface area contributed by atoms with Gasteiger partial charge in [0, 0.05) is 35.4 Å². The lowest BCUT2D eigenvalue weighted by Crippen LogP contribution is -2.48. The zero-order chi connectivity index (χ0) is 17.4. The van der Waals surface area contributed by atoms with Crippen LogP contribution in [0.5, 0.6) is 0 Å². The predicted molar refractivity (Wildman–Crippen MR) is 91.6 cm³/mol. The average molecular weight is 341 g/mol. The average Bonchev–Trinajstić information content (AvgIpc) is 2.95. The van der Waals surface area contributed by atoms with Crippen LogP contribution in [0.25, 0.3) is 11.3 Å². The first-order valence-electron chi connectivity index (χ1n) is 8.28. The van der Waals surface area contributed by atoms with Gasteiger partial charge in [-0.25, -0.2) is 4.39 Å². The first-order chi connectivity index (χ1) is 12.1. The summed E-state index contributed by atoms with van der Waals surface area (Å²) in [5.74, 6) is 0.781. The normalized spacial score (nSPS) is 17.3. The van der Waals surface area contributed by atoms with Crippen LogP contribution in [-0.4, -0.2) is 39.3 Å². The fourth-order valence-electron chi connectivity index (χ4n) is 2.92. The summed E-state index contributed by atoms with van der Waals surface area (Å²) in [5, 5.41) is 6.14. The van der Waals surface area contributed by atoms with Gasteiger partial charge >= 0.3 is 0 Å². The van der Waals surface area contributed by atoms with Crippen molar-refractivity contribution in [3.8, 4) is 11.3 Å². The second-order valence-corrected chi connectivity index (χ2v) is 6.40. The highest BCUT2D eigenvalue weighted by Gasteiger charge is 2.28. The Bertz CT molecular complexity index is 820. The summed E-state index contributed by atoms with van der Waals surface area (Å²) >= 11 is 0. The summed E-state index contributed by atoms with van der Waals surface area (Å²) in [5.41, 5.74) is 7.93. The highest BCUT2D eigenvalue weighted by atomic mass is 19.1. The molecule has 7 heteroatoms. The second-order valence-electron chi connectivity index (χ2n) is 6.40. The molecule has 130 valence electrons. The quantitative estimate of drug-likeness (QED) is 0.923. The number of allylic oxidation sites excluding steroid dienone is 1.